The lowest BCUT2D eigenvalue weighted by atomic mass is 10.1. The summed E-state index contributed by atoms with van der Waals surface area (Å²) in [4.78, 5) is 36.9. The van der Waals surface area contributed by atoms with E-state index in [1.165, 1.54) is 0 Å². The fourth-order valence-electron chi connectivity index (χ4n) is 3.29. The molecule has 2 saturated heterocycles. The van der Waals surface area contributed by atoms with Crippen molar-refractivity contribution in [3.05, 3.63) is 12.4 Å². The van der Waals surface area contributed by atoms with Gasteiger partial charge in [-0.1, -0.05) is 0 Å². The van der Waals surface area contributed by atoms with Crippen molar-refractivity contribution in [3.8, 4) is 0 Å². The Labute approximate surface area is 153 Å². The van der Waals surface area contributed by atoms with Crippen LogP contribution in [0.3, 0.4) is 0 Å². The molecule has 142 valence electrons. The number of ether oxygens (including phenoxy) is 1. The van der Waals surface area contributed by atoms with E-state index in [0.717, 1.165) is 44.0 Å². The summed E-state index contributed by atoms with van der Waals surface area (Å²) in [6.45, 7) is 6.55. The highest BCUT2D eigenvalue weighted by molar-refractivity contribution is 5.67. The van der Waals surface area contributed by atoms with Crippen LogP contribution in [0.1, 0.15) is 19.8 Å². The number of likely N-dealkylation sites (tertiary alicyclic amines) is 1. The molecule has 0 unspecified atom stereocenters. The third-order valence-electron chi connectivity index (χ3n) is 4.81. The molecule has 0 bridgehead atoms. The molecule has 0 aromatic carbocycles. The van der Waals surface area contributed by atoms with E-state index in [1.54, 1.807) is 16.1 Å². The van der Waals surface area contributed by atoms with E-state index in [0.29, 0.717) is 32.8 Å². The summed E-state index contributed by atoms with van der Waals surface area (Å²) in [5, 5.41) is 3.45. The van der Waals surface area contributed by atoms with E-state index >= 15 is 0 Å². The van der Waals surface area contributed by atoms with Crippen LogP contribution in [0.15, 0.2) is 12.4 Å². The number of amides is 2. The molecule has 1 N–H and O–H groups in total. The Morgan fingerprint density at radius 1 is 1.23 bits per heavy atom. The summed E-state index contributed by atoms with van der Waals surface area (Å²) in [7, 11) is 0. The zero-order valence-electron chi connectivity index (χ0n) is 15.1. The summed E-state index contributed by atoms with van der Waals surface area (Å²) in [6, 6.07) is 2.23. The Morgan fingerprint density at radius 3 is 2.62 bits per heavy atom. The van der Waals surface area contributed by atoms with E-state index in [-0.39, 0.29) is 12.1 Å². The Balaban J connectivity index is 1.52. The minimum atomic E-state index is -0.232. The van der Waals surface area contributed by atoms with Gasteiger partial charge in [-0.3, -0.25) is 4.79 Å². The fourth-order valence-corrected chi connectivity index (χ4v) is 3.29. The van der Waals surface area contributed by atoms with Crippen LogP contribution in [-0.4, -0.2) is 84.2 Å². The quantitative estimate of drug-likeness (QED) is 0.774. The first-order chi connectivity index (χ1) is 12.7. The van der Waals surface area contributed by atoms with Crippen LogP contribution in [0, 0.1) is 0 Å². The molecule has 1 aromatic heterocycles. The molecule has 2 aliphatic rings. The van der Waals surface area contributed by atoms with Crippen molar-refractivity contribution in [1.82, 2.24) is 19.8 Å². The second-order valence-corrected chi connectivity index (χ2v) is 6.49. The first-order valence-electron chi connectivity index (χ1n) is 9.14. The van der Waals surface area contributed by atoms with Gasteiger partial charge in [-0.15, -0.1) is 0 Å². The van der Waals surface area contributed by atoms with Crippen LogP contribution in [-0.2, 0) is 9.53 Å². The maximum Gasteiger partial charge on any atom is 0.409 e. The van der Waals surface area contributed by atoms with Crippen molar-refractivity contribution in [2.45, 2.75) is 25.8 Å². The number of carbonyl (C=O) groups excluding carboxylic acids is 2. The number of piperidine rings is 1. The molecular weight excluding hydrogens is 336 g/mol. The van der Waals surface area contributed by atoms with Crippen molar-refractivity contribution in [3.63, 3.8) is 0 Å². The van der Waals surface area contributed by atoms with Crippen molar-refractivity contribution < 1.29 is 14.3 Å². The number of carbonyl (C=O) groups is 2. The monoisotopic (exact) mass is 362 g/mol. The zero-order valence-corrected chi connectivity index (χ0v) is 15.1. The number of nitrogens with zero attached hydrogens (tertiary/aromatic N) is 5. The van der Waals surface area contributed by atoms with E-state index in [9.17, 15) is 9.59 Å². The predicted molar refractivity (Wildman–Crippen MR) is 97.1 cm³/mol. The molecule has 0 radical (unpaired) electrons. The van der Waals surface area contributed by atoms with Gasteiger partial charge < -0.3 is 24.8 Å². The van der Waals surface area contributed by atoms with Gasteiger partial charge in [0.05, 0.1) is 6.61 Å². The number of piperazine rings is 1. The van der Waals surface area contributed by atoms with Crippen LogP contribution in [0.4, 0.5) is 16.4 Å². The van der Waals surface area contributed by atoms with Crippen molar-refractivity contribution >= 4 is 24.1 Å². The van der Waals surface area contributed by atoms with Gasteiger partial charge in [-0.2, -0.15) is 0 Å². The summed E-state index contributed by atoms with van der Waals surface area (Å²) in [6.07, 6.45) is 3.95. The summed E-state index contributed by atoms with van der Waals surface area (Å²) >= 11 is 0. The van der Waals surface area contributed by atoms with Crippen molar-refractivity contribution in [1.29, 1.82) is 0 Å². The highest BCUT2D eigenvalue weighted by Crippen LogP contribution is 2.19. The Hall–Kier alpha value is -2.58. The van der Waals surface area contributed by atoms with Gasteiger partial charge in [0.25, 0.3) is 0 Å². The highest BCUT2D eigenvalue weighted by atomic mass is 16.6. The van der Waals surface area contributed by atoms with Crippen LogP contribution in [0.2, 0.25) is 0 Å². The number of anilines is 2. The Kier molecular flexibility index (Phi) is 6.08. The molecule has 0 spiro atoms. The van der Waals surface area contributed by atoms with Gasteiger partial charge in [0, 0.05) is 51.4 Å². The Bertz CT molecular complexity index is 612. The fraction of sp³-hybridized carbons (Fsp3) is 0.647. The third kappa shape index (κ3) is 4.53. The summed E-state index contributed by atoms with van der Waals surface area (Å²) < 4.78 is 5.05. The first-order valence-corrected chi connectivity index (χ1v) is 9.14. The molecule has 3 heterocycles. The topological polar surface area (TPSA) is 90.9 Å². The highest BCUT2D eigenvalue weighted by Gasteiger charge is 2.24. The first kappa shape index (κ1) is 18.2. The molecule has 2 fully saturated rings. The number of nitrogens with one attached hydrogen (secondary N) is 1. The lowest BCUT2D eigenvalue weighted by Gasteiger charge is -2.34. The number of rotatable bonds is 5. The van der Waals surface area contributed by atoms with E-state index in [4.69, 9.17) is 4.74 Å². The smallest absolute Gasteiger partial charge is 0.409 e. The number of hydrogen-bond donors (Lipinski definition) is 1. The lowest BCUT2D eigenvalue weighted by molar-refractivity contribution is -0.118. The van der Waals surface area contributed by atoms with Gasteiger partial charge in [0.15, 0.2) is 0 Å². The van der Waals surface area contributed by atoms with E-state index in [1.807, 2.05) is 13.0 Å². The zero-order chi connectivity index (χ0) is 18.4. The SMILES string of the molecule is CCOC(=O)N1CCC(Nc2cc(N3CCN(C=O)CC3)ncn2)CC1. The molecule has 1 aromatic rings. The van der Waals surface area contributed by atoms with Crippen molar-refractivity contribution in [2.24, 2.45) is 0 Å². The molecular formula is C17H26N6O3. The van der Waals surface area contributed by atoms with Crippen LogP contribution < -0.4 is 10.2 Å². The Morgan fingerprint density at radius 2 is 1.96 bits per heavy atom. The van der Waals surface area contributed by atoms with Crippen molar-refractivity contribution in [2.75, 3.05) is 56.1 Å². The molecule has 2 aliphatic heterocycles. The number of aromatic nitrogens is 2. The second kappa shape index (κ2) is 8.68. The molecule has 0 saturated carbocycles. The lowest BCUT2D eigenvalue weighted by Crippen LogP contribution is -2.46. The molecule has 0 aliphatic carbocycles. The molecule has 3 rings (SSSR count). The minimum absolute atomic E-state index is 0.232. The van der Waals surface area contributed by atoms with Gasteiger partial charge in [0.2, 0.25) is 6.41 Å². The number of hydrogen-bond acceptors (Lipinski definition) is 7. The maximum atomic E-state index is 11.8. The van der Waals surface area contributed by atoms with E-state index in [2.05, 4.69) is 20.2 Å². The van der Waals surface area contributed by atoms with Gasteiger partial charge in [0.1, 0.15) is 18.0 Å². The third-order valence-corrected chi connectivity index (χ3v) is 4.81. The average Bonchev–Trinajstić information content (AvgIpc) is 2.69. The minimum Gasteiger partial charge on any atom is -0.450 e. The molecule has 0 atom stereocenters. The standard InChI is InChI=1S/C17H26N6O3/c1-2-26-17(25)23-5-3-14(4-6-23)20-15-11-16(19-12-18-15)22-9-7-21(13-24)8-10-22/h11-14H,2-10H2,1H3,(H,18,19,20). The average molecular weight is 362 g/mol. The van der Waals surface area contributed by atoms with Crippen LogP contribution in [0.5, 0.6) is 0 Å². The van der Waals surface area contributed by atoms with Gasteiger partial charge in [-0.25, -0.2) is 14.8 Å². The van der Waals surface area contributed by atoms with Gasteiger partial charge in [-0.05, 0) is 19.8 Å². The van der Waals surface area contributed by atoms with Crippen LogP contribution in [0.25, 0.3) is 0 Å². The summed E-state index contributed by atoms with van der Waals surface area (Å²) in [5.41, 5.74) is 0. The second-order valence-electron chi connectivity index (χ2n) is 6.49. The van der Waals surface area contributed by atoms with Gasteiger partial charge >= 0.3 is 6.09 Å². The van der Waals surface area contributed by atoms with E-state index < -0.39 is 0 Å². The molecule has 9 nitrogen and oxygen atoms in total. The van der Waals surface area contributed by atoms with Crippen LogP contribution >= 0.6 is 0 Å². The predicted octanol–water partition coefficient (Wildman–Crippen LogP) is 0.788. The largest absolute Gasteiger partial charge is 0.450 e. The maximum absolute atomic E-state index is 11.8. The molecule has 26 heavy (non-hydrogen) atoms. The molecule has 9 heteroatoms. The normalized spacial score (nSPS) is 18.6. The summed E-state index contributed by atoms with van der Waals surface area (Å²) in [5.74, 6) is 1.67. The molecule has 2 amide bonds.